The van der Waals surface area contributed by atoms with Crippen molar-refractivity contribution >= 4 is 0 Å². The van der Waals surface area contributed by atoms with E-state index < -0.39 is 0 Å². The molecule has 2 N–H and O–H groups in total. The molecule has 0 bridgehead atoms. The molecule has 0 aliphatic carbocycles. The summed E-state index contributed by atoms with van der Waals surface area (Å²) in [5, 5.41) is 0. The minimum Gasteiger partial charge on any atom is -0.327 e. The van der Waals surface area contributed by atoms with Crippen LogP contribution in [0.5, 0.6) is 0 Å². The van der Waals surface area contributed by atoms with Crippen LogP contribution in [0, 0.1) is 0 Å². The maximum Gasteiger partial charge on any atom is 0.0104 e. The molecule has 0 aliphatic heterocycles. The Morgan fingerprint density at radius 2 is 2.00 bits per heavy atom. The van der Waals surface area contributed by atoms with E-state index in [1.807, 2.05) is 0 Å². The zero-order chi connectivity index (χ0) is 3.41. The molecular weight excluding hydrogens is 97.9 g/mol. The topological polar surface area (TPSA) is 26.0 Å². The normalized spacial score (nSPS) is 5.00. The molecule has 0 rings (SSSR count). The molecule has 0 aliphatic rings. The fraction of sp³-hybridized carbons (Fsp3) is 0.333. The van der Waals surface area contributed by atoms with Crippen LogP contribution in [0.15, 0.2) is 12.7 Å². The van der Waals surface area contributed by atoms with Gasteiger partial charge in [0.25, 0.3) is 0 Å². The van der Waals surface area contributed by atoms with Gasteiger partial charge in [0.1, 0.15) is 0 Å². The summed E-state index contributed by atoms with van der Waals surface area (Å²) >= 11 is 0. The summed E-state index contributed by atoms with van der Waals surface area (Å²) < 4.78 is 0. The van der Waals surface area contributed by atoms with E-state index in [0.29, 0.717) is 6.54 Å². The van der Waals surface area contributed by atoms with E-state index in [0.717, 1.165) is 0 Å². The Morgan fingerprint density at radius 3 is 2.00 bits per heavy atom. The van der Waals surface area contributed by atoms with E-state index in [9.17, 15) is 0 Å². The zero-order valence-electron chi connectivity index (χ0n) is 3.07. The summed E-state index contributed by atoms with van der Waals surface area (Å²) in [6.45, 7) is 3.94. The van der Waals surface area contributed by atoms with Crippen molar-refractivity contribution in [1.29, 1.82) is 0 Å². The molecule has 0 fully saturated rings. The molecule has 0 aromatic carbocycles. The predicted octanol–water partition coefficient (Wildman–Crippen LogP) is 0.129. The Labute approximate surface area is 47.1 Å². The SMILES string of the molecule is C=CCN.[Ti]. The minimum absolute atomic E-state index is 0. The van der Waals surface area contributed by atoms with Crippen LogP contribution in [-0.2, 0) is 21.7 Å². The van der Waals surface area contributed by atoms with Crippen molar-refractivity contribution in [2.75, 3.05) is 6.54 Å². The summed E-state index contributed by atoms with van der Waals surface area (Å²) in [5.41, 5.74) is 4.91. The van der Waals surface area contributed by atoms with Crippen molar-refractivity contribution in [3.63, 3.8) is 0 Å². The minimum atomic E-state index is 0. The predicted molar refractivity (Wildman–Crippen MR) is 19.3 cm³/mol. The Morgan fingerprint density at radius 1 is 1.80 bits per heavy atom. The number of hydrogen-bond donors (Lipinski definition) is 1. The molecule has 0 saturated carbocycles. The van der Waals surface area contributed by atoms with Gasteiger partial charge in [-0.3, -0.25) is 0 Å². The van der Waals surface area contributed by atoms with E-state index in [4.69, 9.17) is 5.73 Å². The molecule has 0 unspecified atom stereocenters. The largest absolute Gasteiger partial charge is 0.327 e. The van der Waals surface area contributed by atoms with Gasteiger partial charge in [-0.1, -0.05) is 6.08 Å². The van der Waals surface area contributed by atoms with Crippen molar-refractivity contribution in [2.24, 2.45) is 5.73 Å². The third kappa shape index (κ3) is 12.9. The van der Waals surface area contributed by atoms with Gasteiger partial charge in [-0.25, -0.2) is 0 Å². The molecular formula is C3H7NTi. The first-order valence-corrected chi connectivity index (χ1v) is 1.22. The van der Waals surface area contributed by atoms with Gasteiger partial charge in [0, 0.05) is 28.3 Å². The van der Waals surface area contributed by atoms with Crippen LogP contribution in [-0.4, -0.2) is 6.54 Å². The van der Waals surface area contributed by atoms with Gasteiger partial charge < -0.3 is 5.73 Å². The number of hydrogen-bond acceptors (Lipinski definition) is 1. The summed E-state index contributed by atoms with van der Waals surface area (Å²) in [5.74, 6) is 0. The first kappa shape index (κ1) is 9.05. The third-order valence-electron chi connectivity index (χ3n) is 0.167. The molecule has 0 radical (unpaired) electrons. The van der Waals surface area contributed by atoms with E-state index >= 15 is 0 Å². The van der Waals surface area contributed by atoms with Crippen molar-refractivity contribution in [3.8, 4) is 0 Å². The van der Waals surface area contributed by atoms with Crippen molar-refractivity contribution < 1.29 is 21.7 Å². The van der Waals surface area contributed by atoms with Gasteiger partial charge in [0.2, 0.25) is 0 Å². The van der Waals surface area contributed by atoms with E-state index in [1.54, 1.807) is 6.08 Å². The molecule has 5 heavy (non-hydrogen) atoms. The molecule has 0 aromatic rings. The standard InChI is InChI=1S/C3H7N.Ti/c1-2-3-4;/h2H,1,3-4H2;. The van der Waals surface area contributed by atoms with Gasteiger partial charge >= 0.3 is 0 Å². The third-order valence-corrected chi connectivity index (χ3v) is 0.167. The van der Waals surface area contributed by atoms with Crippen LogP contribution < -0.4 is 5.73 Å². The molecule has 1 nitrogen and oxygen atoms in total. The zero-order valence-corrected chi connectivity index (χ0v) is 4.63. The second-order valence-corrected chi connectivity index (χ2v) is 0.524. The van der Waals surface area contributed by atoms with E-state index in [2.05, 4.69) is 6.58 Å². The molecule has 0 aromatic heterocycles. The Hall–Kier alpha value is 0.414. The maximum absolute atomic E-state index is 4.91. The Bertz CT molecular complexity index is 20.9. The van der Waals surface area contributed by atoms with Crippen LogP contribution in [0.3, 0.4) is 0 Å². The molecule has 0 amide bonds. The number of rotatable bonds is 1. The summed E-state index contributed by atoms with van der Waals surface area (Å²) in [6.07, 6.45) is 1.65. The quantitative estimate of drug-likeness (QED) is 0.372. The molecule has 0 saturated heterocycles. The molecule has 28 valence electrons. The van der Waals surface area contributed by atoms with Gasteiger partial charge in [-0.2, -0.15) is 0 Å². The van der Waals surface area contributed by atoms with Crippen LogP contribution >= 0.6 is 0 Å². The molecule has 2 heteroatoms. The smallest absolute Gasteiger partial charge is 0.0104 e. The van der Waals surface area contributed by atoms with Crippen molar-refractivity contribution in [1.82, 2.24) is 0 Å². The fourth-order valence-electron chi connectivity index (χ4n) is 0. The van der Waals surface area contributed by atoms with Crippen molar-refractivity contribution in [3.05, 3.63) is 12.7 Å². The Kier molecular flexibility index (Phi) is 16.0. The average molecular weight is 105 g/mol. The van der Waals surface area contributed by atoms with Gasteiger partial charge in [0.15, 0.2) is 0 Å². The first-order chi connectivity index (χ1) is 1.91. The van der Waals surface area contributed by atoms with Gasteiger partial charge in [-0.05, 0) is 0 Å². The van der Waals surface area contributed by atoms with Gasteiger partial charge in [0.05, 0.1) is 0 Å². The second-order valence-electron chi connectivity index (χ2n) is 0.524. The Balaban J connectivity index is 0. The summed E-state index contributed by atoms with van der Waals surface area (Å²) in [6, 6.07) is 0. The fourth-order valence-corrected chi connectivity index (χ4v) is 0. The van der Waals surface area contributed by atoms with Gasteiger partial charge in [-0.15, -0.1) is 6.58 Å². The average Bonchev–Trinajstić information content (AvgIpc) is 1.37. The first-order valence-electron chi connectivity index (χ1n) is 1.22. The molecule has 0 spiro atoms. The van der Waals surface area contributed by atoms with Crippen LogP contribution in [0.1, 0.15) is 0 Å². The maximum atomic E-state index is 4.91. The number of nitrogens with two attached hydrogens (primary N) is 1. The van der Waals surface area contributed by atoms with E-state index in [-0.39, 0.29) is 21.7 Å². The summed E-state index contributed by atoms with van der Waals surface area (Å²) in [7, 11) is 0. The van der Waals surface area contributed by atoms with Crippen LogP contribution in [0.25, 0.3) is 0 Å². The molecule has 0 atom stereocenters. The van der Waals surface area contributed by atoms with Crippen LogP contribution in [0.4, 0.5) is 0 Å². The van der Waals surface area contributed by atoms with Crippen LogP contribution in [0.2, 0.25) is 0 Å². The second kappa shape index (κ2) is 8.83. The summed E-state index contributed by atoms with van der Waals surface area (Å²) in [4.78, 5) is 0. The monoisotopic (exact) mass is 105 g/mol. The van der Waals surface area contributed by atoms with Crippen molar-refractivity contribution in [2.45, 2.75) is 0 Å². The van der Waals surface area contributed by atoms with E-state index in [1.165, 1.54) is 0 Å². The molecule has 0 heterocycles.